The smallest absolute Gasteiger partial charge is 0.326 e. The standard InChI is InChI=1S/C33H22Cl2F4N4O3S/c34-24-9-12-26(28(35)16-24)30-18-42(17-21-3-10-25(11-4-21)43-19-32(44)41-47(43,45)46)31(40-30)14-5-20-1-6-22(7-2-20)27-15-23(33(37,38)39)8-13-29(27)36/h1-16,18H,17,19H2,(H,41,44)/b14-5+. The van der Waals surface area contributed by atoms with Crippen LogP contribution in [-0.4, -0.2) is 30.4 Å². The zero-order valence-corrected chi connectivity index (χ0v) is 26.3. The molecule has 1 saturated heterocycles. The molecule has 47 heavy (non-hydrogen) atoms. The van der Waals surface area contributed by atoms with Crippen molar-refractivity contribution < 1.29 is 30.8 Å². The Kier molecular flexibility index (Phi) is 8.60. The fourth-order valence-corrected chi connectivity index (χ4v) is 6.68. The minimum Gasteiger partial charge on any atom is -0.326 e. The van der Waals surface area contributed by atoms with Crippen LogP contribution in [0.2, 0.25) is 10.0 Å². The summed E-state index contributed by atoms with van der Waals surface area (Å²) in [5.74, 6) is -0.855. The number of halogens is 6. The van der Waals surface area contributed by atoms with Crippen molar-refractivity contribution in [2.75, 3.05) is 10.8 Å². The quantitative estimate of drug-likeness (QED) is 0.174. The van der Waals surface area contributed by atoms with Gasteiger partial charge in [0.25, 0.3) is 5.91 Å². The molecule has 0 saturated carbocycles. The van der Waals surface area contributed by atoms with E-state index in [1.165, 1.54) is 12.1 Å². The number of benzene rings is 4. The Morgan fingerprint density at radius 2 is 1.62 bits per heavy atom. The lowest BCUT2D eigenvalue weighted by molar-refractivity contribution is -0.137. The molecule has 1 amide bonds. The lowest BCUT2D eigenvalue weighted by Crippen LogP contribution is -2.29. The Balaban J connectivity index is 1.29. The Bertz CT molecular complexity index is 2130. The molecule has 1 aromatic heterocycles. The first-order chi connectivity index (χ1) is 22.3. The highest BCUT2D eigenvalue weighted by Gasteiger charge is 2.34. The molecule has 4 aromatic carbocycles. The predicted octanol–water partition coefficient (Wildman–Crippen LogP) is 8.08. The average molecular weight is 702 g/mol. The highest BCUT2D eigenvalue weighted by Crippen LogP contribution is 2.34. The fraction of sp³-hybridized carbons (Fsp3) is 0.0909. The molecule has 0 spiro atoms. The van der Waals surface area contributed by atoms with Crippen LogP contribution in [0, 0.1) is 5.82 Å². The molecule has 0 aliphatic carbocycles. The van der Waals surface area contributed by atoms with Crippen molar-refractivity contribution in [3.8, 4) is 22.4 Å². The number of anilines is 1. The minimum atomic E-state index is -4.60. The molecule has 240 valence electrons. The highest BCUT2D eigenvalue weighted by atomic mass is 35.5. The predicted molar refractivity (Wildman–Crippen MR) is 173 cm³/mol. The molecular formula is C33H22Cl2F4N4O3S. The summed E-state index contributed by atoms with van der Waals surface area (Å²) in [6, 6.07) is 20.4. The first kappa shape index (κ1) is 32.3. The van der Waals surface area contributed by atoms with E-state index in [1.807, 2.05) is 9.29 Å². The number of imidazole rings is 1. The number of amides is 1. The molecule has 14 heteroatoms. The lowest BCUT2D eigenvalue weighted by Gasteiger charge is -2.15. The minimum absolute atomic E-state index is 0.161. The van der Waals surface area contributed by atoms with Crippen LogP contribution < -0.4 is 9.03 Å². The van der Waals surface area contributed by atoms with E-state index >= 15 is 0 Å². The van der Waals surface area contributed by atoms with Gasteiger partial charge in [0.2, 0.25) is 0 Å². The van der Waals surface area contributed by atoms with Crippen molar-refractivity contribution in [1.82, 2.24) is 14.3 Å². The first-order valence-corrected chi connectivity index (χ1v) is 16.1. The Hall–Kier alpha value is -4.65. The molecule has 1 fully saturated rings. The molecule has 0 atom stereocenters. The summed E-state index contributed by atoms with van der Waals surface area (Å²) in [5.41, 5.74) is 2.21. The van der Waals surface area contributed by atoms with E-state index in [9.17, 15) is 30.8 Å². The summed E-state index contributed by atoms with van der Waals surface area (Å²) in [4.78, 5) is 16.4. The van der Waals surface area contributed by atoms with E-state index < -0.39 is 33.7 Å². The second-order valence-corrected chi connectivity index (χ2v) is 13.0. The van der Waals surface area contributed by atoms with Crippen molar-refractivity contribution in [2.45, 2.75) is 12.7 Å². The van der Waals surface area contributed by atoms with Gasteiger partial charge in [0.1, 0.15) is 18.2 Å². The summed E-state index contributed by atoms with van der Waals surface area (Å²) >= 11 is 12.5. The number of carbonyl (C=O) groups is 1. The van der Waals surface area contributed by atoms with Crippen molar-refractivity contribution in [2.24, 2.45) is 0 Å². The zero-order valence-electron chi connectivity index (χ0n) is 24.0. The molecule has 2 heterocycles. The van der Waals surface area contributed by atoms with Gasteiger partial charge in [0.15, 0.2) is 0 Å². The maximum Gasteiger partial charge on any atom is 0.416 e. The SMILES string of the molecule is O=C1CN(c2ccc(Cn3cc(-c4ccc(Cl)cc4Cl)nc3/C=C/c3ccc(-c4cc(C(F)(F)F)ccc4F)cc3)cc2)S(=O)(=O)N1. The van der Waals surface area contributed by atoms with E-state index in [0.29, 0.717) is 51.0 Å². The Morgan fingerprint density at radius 3 is 2.26 bits per heavy atom. The topological polar surface area (TPSA) is 84.3 Å². The van der Waals surface area contributed by atoms with E-state index in [2.05, 4.69) is 0 Å². The van der Waals surface area contributed by atoms with Crippen LogP contribution in [0.3, 0.4) is 0 Å². The molecule has 1 aliphatic rings. The highest BCUT2D eigenvalue weighted by molar-refractivity contribution is 7.92. The van der Waals surface area contributed by atoms with Gasteiger partial charge < -0.3 is 4.57 Å². The average Bonchev–Trinajstić information content (AvgIpc) is 3.54. The summed E-state index contributed by atoms with van der Waals surface area (Å²) in [6.45, 7) is 0.0229. The lowest BCUT2D eigenvalue weighted by atomic mass is 10.0. The van der Waals surface area contributed by atoms with Crippen LogP contribution in [0.5, 0.6) is 0 Å². The number of nitrogens with zero attached hydrogens (tertiary/aromatic N) is 3. The van der Waals surface area contributed by atoms with Crippen molar-refractivity contribution in [3.05, 3.63) is 130 Å². The van der Waals surface area contributed by atoms with Crippen LogP contribution in [0.25, 0.3) is 34.5 Å². The van der Waals surface area contributed by atoms with Gasteiger partial charge in [-0.2, -0.15) is 21.6 Å². The molecule has 0 radical (unpaired) electrons. The fourth-order valence-electron chi connectivity index (χ4n) is 5.03. The summed E-state index contributed by atoms with van der Waals surface area (Å²) in [6.07, 6.45) is 0.700. The second kappa shape index (κ2) is 12.5. The van der Waals surface area contributed by atoms with Gasteiger partial charge in [-0.1, -0.05) is 65.7 Å². The molecular weight excluding hydrogens is 679 g/mol. The maximum atomic E-state index is 14.4. The van der Waals surface area contributed by atoms with Gasteiger partial charge in [0.05, 0.1) is 22.0 Å². The largest absolute Gasteiger partial charge is 0.416 e. The van der Waals surface area contributed by atoms with Gasteiger partial charge in [-0.05, 0) is 71.3 Å². The number of carbonyl (C=O) groups excluding carboxylic acids is 1. The molecule has 0 bridgehead atoms. The van der Waals surface area contributed by atoms with Crippen LogP contribution in [-0.2, 0) is 27.7 Å². The molecule has 1 N–H and O–H groups in total. The van der Waals surface area contributed by atoms with Gasteiger partial charge in [-0.25, -0.2) is 18.4 Å². The monoisotopic (exact) mass is 700 g/mol. The second-order valence-electron chi connectivity index (χ2n) is 10.6. The number of hydrogen-bond donors (Lipinski definition) is 1. The number of rotatable bonds is 7. The summed E-state index contributed by atoms with van der Waals surface area (Å²) < 4.78 is 83.2. The van der Waals surface area contributed by atoms with Gasteiger partial charge in [0, 0.05) is 28.9 Å². The van der Waals surface area contributed by atoms with Gasteiger partial charge in [-0.15, -0.1) is 0 Å². The molecule has 0 unspecified atom stereocenters. The normalized spacial score (nSPS) is 14.6. The van der Waals surface area contributed by atoms with Crippen LogP contribution in [0.15, 0.2) is 91.1 Å². The van der Waals surface area contributed by atoms with Crippen LogP contribution >= 0.6 is 23.2 Å². The summed E-state index contributed by atoms with van der Waals surface area (Å²) in [7, 11) is -3.94. The molecule has 7 nitrogen and oxygen atoms in total. The molecule has 6 rings (SSSR count). The first-order valence-electron chi connectivity index (χ1n) is 13.9. The maximum absolute atomic E-state index is 14.4. The van der Waals surface area contributed by atoms with Crippen molar-refractivity contribution >= 4 is 57.2 Å². The van der Waals surface area contributed by atoms with Crippen LogP contribution in [0.1, 0.15) is 22.5 Å². The third-order valence-electron chi connectivity index (χ3n) is 7.35. The molecule has 5 aromatic rings. The van der Waals surface area contributed by atoms with Crippen molar-refractivity contribution in [1.29, 1.82) is 0 Å². The van der Waals surface area contributed by atoms with Crippen molar-refractivity contribution in [3.63, 3.8) is 0 Å². The third-order valence-corrected chi connectivity index (χ3v) is 9.31. The zero-order chi connectivity index (χ0) is 33.5. The van der Waals surface area contributed by atoms with E-state index in [-0.39, 0.29) is 17.7 Å². The van der Waals surface area contributed by atoms with Crippen LogP contribution in [0.4, 0.5) is 23.2 Å². The van der Waals surface area contributed by atoms with E-state index in [4.69, 9.17) is 28.2 Å². The van der Waals surface area contributed by atoms with Gasteiger partial charge >= 0.3 is 16.4 Å². The number of alkyl halides is 3. The third kappa shape index (κ3) is 7.04. The molecule has 1 aliphatic heterocycles. The Labute approximate surface area is 276 Å². The number of hydrogen-bond acceptors (Lipinski definition) is 4. The number of aromatic nitrogens is 2. The number of nitrogens with one attached hydrogen (secondary N) is 1. The summed E-state index contributed by atoms with van der Waals surface area (Å²) in [5, 5.41) is 0.859. The Morgan fingerprint density at radius 1 is 0.894 bits per heavy atom. The van der Waals surface area contributed by atoms with E-state index in [1.54, 1.807) is 72.9 Å². The van der Waals surface area contributed by atoms with Gasteiger partial charge in [-0.3, -0.25) is 4.79 Å². The van der Waals surface area contributed by atoms with E-state index in [0.717, 1.165) is 22.0 Å².